The third-order valence-electron chi connectivity index (χ3n) is 6.52. The highest BCUT2D eigenvalue weighted by Crippen LogP contribution is 2.28. The van der Waals surface area contributed by atoms with Gasteiger partial charge in [-0.1, -0.05) is 56.3 Å². The summed E-state index contributed by atoms with van der Waals surface area (Å²) in [6, 6.07) is 12.0. The van der Waals surface area contributed by atoms with E-state index >= 15 is 0 Å². The van der Waals surface area contributed by atoms with Crippen LogP contribution in [0.25, 0.3) is 0 Å². The predicted octanol–water partition coefficient (Wildman–Crippen LogP) is 2.62. The van der Waals surface area contributed by atoms with Gasteiger partial charge < -0.3 is 4.74 Å². The predicted molar refractivity (Wildman–Crippen MR) is 151 cm³/mol. The summed E-state index contributed by atoms with van der Waals surface area (Å²) in [5.41, 5.74) is -0.0266. The third-order valence-corrected chi connectivity index (χ3v) is 6.52. The quantitative estimate of drug-likeness (QED) is 0.213. The van der Waals surface area contributed by atoms with E-state index in [1.54, 1.807) is 77.1 Å². The van der Waals surface area contributed by atoms with Crippen LogP contribution in [0.4, 0.5) is 0 Å². The molecule has 2 aromatic rings. The number of hydrogen-bond donors (Lipinski definition) is 0. The molecule has 11 nitrogen and oxygen atoms in total. The van der Waals surface area contributed by atoms with E-state index in [2.05, 4.69) is 0 Å². The van der Waals surface area contributed by atoms with Crippen LogP contribution in [0.5, 0.6) is 0 Å². The van der Waals surface area contributed by atoms with Gasteiger partial charge in [0.2, 0.25) is 18.7 Å². The number of imide groups is 3. The fourth-order valence-electron chi connectivity index (χ4n) is 4.65. The highest BCUT2D eigenvalue weighted by atomic mass is 16.6. The average Bonchev–Trinajstić information content (AvgIpc) is 3.18. The molecule has 6 amide bonds. The first-order valence-corrected chi connectivity index (χ1v) is 13.5. The van der Waals surface area contributed by atoms with E-state index in [0.717, 1.165) is 4.90 Å². The Hall–Kier alpha value is -4.67. The first-order chi connectivity index (χ1) is 19.8. The van der Waals surface area contributed by atoms with Crippen LogP contribution in [-0.2, 0) is 35.1 Å². The molecule has 1 aliphatic rings. The van der Waals surface area contributed by atoms with Gasteiger partial charge in [0.05, 0.1) is 11.1 Å². The molecular formula is C31H35N3O8. The second kappa shape index (κ2) is 13.3. The molecule has 42 heavy (non-hydrogen) atoms. The molecule has 0 aromatic heterocycles. The van der Waals surface area contributed by atoms with Gasteiger partial charge >= 0.3 is 5.97 Å². The number of rotatable bonds is 12. The fourth-order valence-corrected chi connectivity index (χ4v) is 4.65. The number of carbonyl (C=O) groups is 7. The molecule has 0 saturated heterocycles. The lowest BCUT2D eigenvalue weighted by molar-refractivity contribution is -0.167. The zero-order valence-corrected chi connectivity index (χ0v) is 24.3. The molecule has 2 aromatic carbocycles. The van der Waals surface area contributed by atoms with Gasteiger partial charge in [0.1, 0.15) is 24.2 Å². The van der Waals surface area contributed by atoms with Gasteiger partial charge in [-0.2, -0.15) is 0 Å². The van der Waals surface area contributed by atoms with E-state index < -0.39 is 53.8 Å². The largest absolute Gasteiger partial charge is 0.458 e. The monoisotopic (exact) mass is 577 g/mol. The molecule has 222 valence electrons. The van der Waals surface area contributed by atoms with Gasteiger partial charge in [-0.25, -0.2) is 4.79 Å². The molecule has 0 aliphatic carbocycles. The summed E-state index contributed by atoms with van der Waals surface area (Å²) in [5.74, 6) is -4.39. The molecule has 1 heterocycles. The van der Waals surface area contributed by atoms with Crippen LogP contribution in [0.15, 0.2) is 54.6 Å². The van der Waals surface area contributed by atoms with Crippen molar-refractivity contribution in [2.24, 2.45) is 5.92 Å². The lowest BCUT2D eigenvalue weighted by atomic mass is 10.0. The fraction of sp³-hybridized carbons (Fsp3) is 0.387. The van der Waals surface area contributed by atoms with Gasteiger partial charge in [-0.15, -0.1) is 0 Å². The molecule has 2 atom stereocenters. The molecule has 0 radical (unpaired) electrons. The van der Waals surface area contributed by atoms with Crippen LogP contribution in [0.2, 0.25) is 0 Å². The van der Waals surface area contributed by atoms with Gasteiger partial charge in [0, 0.05) is 6.42 Å². The summed E-state index contributed by atoms with van der Waals surface area (Å²) in [6.45, 7) is 7.55. The Labute approximate surface area is 244 Å². The first kappa shape index (κ1) is 31.9. The number of hydrogen-bond acceptors (Lipinski definition) is 8. The van der Waals surface area contributed by atoms with Crippen molar-refractivity contribution in [2.75, 3.05) is 6.54 Å². The molecule has 0 saturated carbocycles. The van der Waals surface area contributed by atoms with E-state index in [1.807, 2.05) is 0 Å². The van der Waals surface area contributed by atoms with Crippen molar-refractivity contribution in [1.82, 2.24) is 14.7 Å². The van der Waals surface area contributed by atoms with E-state index in [-0.39, 0.29) is 42.7 Å². The molecular weight excluding hydrogens is 542 g/mol. The molecule has 1 aliphatic heterocycles. The van der Waals surface area contributed by atoms with E-state index in [1.165, 1.54) is 12.1 Å². The third kappa shape index (κ3) is 7.34. The maximum atomic E-state index is 13.7. The molecule has 0 spiro atoms. The van der Waals surface area contributed by atoms with Crippen LogP contribution in [0, 0.1) is 5.92 Å². The van der Waals surface area contributed by atoms with Crippen molar-refractivity contribution in [1.29, 1.82) is 0 Å². The summed E-state index contributed by atoms with van der Waals surface area (Å²) < 4.78 is 5.46. The summed E-state index contributed by atoms with van der Waals surface area (Å²) in [5, 5.41) is 0. The minimum Gasteiger partial charge on any atom is -0.458 e. The van der Waals surface area contributed by atoms with Crippen LogP contribution < -0.4 is 0 Å². The first-order valence-electron chi connectivity index (χ1n) is 13.5. The number of ether oxygens (including phenoxy) is 1. The SMILES string of the molecule is CC(C)C[C@@H](C(=O)N(C=O)CC(=O)N(C=O)[C@@H](Cc1ccccc1)C(=O)OC(C)(C)C)N1C(=O)c2ccccc2C1=O. The lowest BCUT2D eigenvalue weighted by Gasteiger charge is -2.32. The number of nitrogens with zero attached hydrogens (tertiary/aromatic N) is 3. The van der Waals surface area contributed by atoms with Crippen molar-refractivity contribution in [3.8, 4) is 0 Å². The zero-order chi connectivity index (χ0) is 31.2. The van der Waals surface area contributed by atoms with Gasteiger partial charge in [0.15, 0.2) is 0 Å². The standard InChI is InChI=1S/C31H35N3O8/c1-20(2)15-24(34-27(38)22-13-9-10-14-23(22)28(34)39)29(40)32(18-35)17-26(37)33(19-36)25(30(41)42-31(3,4)5)16-21-11-7-6-8-12-21/h6-14,18-20,24-25H,15-17H2,1-5H3/t24-,25-/m0/s1. The highest BCUT2D eigenvalue weighted by molar-refractivity contribution is 6.23. The Bertz CT molecular complexity index is 1330. The maximum Gasteiger partial charge on any atom is 0.330 e. The number of benzene rings is 2. The minimum atomic E-state index is -1.39. The average molecular weight is 578 g/mol. The van der Waals surface area contributed by atoms with E-state index in [9.17, 15) is 33.6 Å². The minimum absolute atomic E-state index is 0.0226. The van der Waals surface area contributed by atoms with Crippen LogP contribution in [-0.4, -0.2) is 81.3 Å². The van der Waals surface area contributed by atoms with Gasteiger partial charge in [-0.3, -0.25) is 43.5 Å². The van der Waals surface area contributed by atoms with E-state index in [4.69, 9.17) is 4.74 Å². The Balaban J connectivity index is 1.89. The van der Waals surface area contributed by atoms with Crippen LogP contribution >= 0.6 is 0 Å². The van der Waals surface area contributed by atoms with Crippen LogP contribution in [0.1, 0.15) is 67.3 Å². The highest BCUT2D eigenvalue weighted by Gasteiger charge is 2.44. The Kier molecular flexibility index (Phi) is 10.1. The molecule has 0 unspecified atom stereocenters. The summed E-state index contributed by atoms with van der Waals surface area (Å²) in [6.07, 6.45) is 0.215. The van der Waals surface area contributed by atoms with Crippen molar-refractivity contribution in [3.05, 3.63) is 71.3 Å². The van der Waals surface area contributed by atoms with Crippen LogP contribution in [0.3, 0.4) is 0 Å². The molecule has 0 fully saturated rings. The maximum absolute atomic E-state index is 13.7. The van der Waals surface area contributed by atoms with Crippen molar-refractivity contribution >= 4 is 42.4 Å². The molecule has 0 N–H and O–H groups in total. The molecule has 0 bridgehead atoms. The van der Waals surface area contributed by atoms with E-state index in [0.29, 0.717) is 15.4 Å². The second-order valence-electron chi connectivity index (χ2n) is 11.4. The Morgan fingerprint density at radius 3 is 1.90 bits per heavy atom. The number of amides is 6. The lowest BCUT2D eigenvalue weighted by Crippen LogP contribution is -2.55. The van der Waals surface area contributed by atoms with Gasteiger partial charge in [-0.05, 0) is 50.8 Å². The molecule has 3 rings (SSSR count). The number of fused-ring (bicyclic) bond motifs is 1. The second-order valence-corrected chi connectivity index (χ2v) is 11.4. The smallest absolute Gasteiger partial charge is 0.330 e. The normalized spacial score (nSPS) is 14.2. The number of carbonyl (C=O) groups excluding carboxylic acids is 7. The molecule has 11 heteroatoms. The number of esters is 1. The topological polar surface area (TPSA) is 138 Å². The Morgan fingerprint density at radius 1 is 0.881 bits per heavy atom. The summed E-state index contributed by atoms with van der Waals surface area (Å²) >= 11 is 0. The van der Waals surface area contributed by atoms with Crippen molar-refractivity contribution in [2.45, 2.75) is 65.1 Å². The van der Waals surface area contributed by atoms with Crippen molar-refractivity contribution in [3.63, 3.8) is 0 Å². The summed E-state index contributed by atoms with van der Waals surface area (Å²) in [7, 11) is 0. The Morgan fingerprint density at radius 2 is 1.43 bits per heavy atom. The zero-order valence-electron chi connectivity index (χ0n) is 24.3. The van der Waals surface area contributed by atoms with Gasteiger partial charge in [0.25, 0.3) is 17.7 Å². The van der Waals surface area contributed by atoms with Crippen molar-refractivity contribution < 1.29 is 38.3 Å². The summed E-state index contributed by atoms with van der Waals surface area (Å²) in [4.78, 5) is 92.8.